The number of nitrogens with zero attached hydrogens (tertiary/aromatic N) is 2. The van der Waals surface area contributed by atoms with Gasteiger partial charge >= 0.3 is 5.88 Å². The number of thioether (sulfide) groups is 1. The maximum atomic E-state index is 12.4. The van der Waals surface area contributed by atoms with Crippen LogP contribution in [-0.2, 0) is 4.79 Å². The van der Waals surface area contributed by atoms with E-state index < -0.39 is 22.0 Å². The van der Waals surface area contributed by atoms with E-state index in [1.54, 1.807) is 24.3 Å². The van der Waals surface area contributed by atoms with Gasteiger partial charge in [-0.05, 0) is 36.9 Å². The van der Waals surface area contributed by atoms with Crippen molar-refractivity contribution in [2.75, 3.05) is 4.90 Å². The number of hydrogen-bond donors (Lipinski definition) is 0. The lowest BCUT2D eigenvalue weighted by Crippen LogP contribution is -2.27. The zero-order valence-corrected chi connectivity index (χ0v) is 12.7. The van der Waals surface area contributed by atoms with Crippen LogP contribution in [0.1, 0.15) is 11.3 Å². The fourth-order valence-corrected chi connectivity index (χ4v) is 2.85. The van der Waals surface area contributed by atoms with E-state index in [0.29, 0.717) is 5.69 Å². The number of benzene rings is 1. The van der Waals surface area contributed by atoms with E-state index in [-0.39, 0.29) is 10.7 Å². The predicted octanol–water partition coefficient (Wildman–Crippen LogP) is 3.74. The average Bonchev–Trinajstić information content (AvgIpc) is 3.07. The number of amides is 2. The van der Waals surface area contributed by atoms with Gasteiger partial charge in [0.15, 0.2) is 0 Å². The molecule has 3 rings (SSSR count). The first-order chi connectivity index (χ1) is 11.0. The highest BCUT2D eigenvalue weighted by atomic mass is 32.2. The van der Waals surface area contributed by atoms with Crippen molar-refractivity contribution < 1.29 is 18.9 Å². The molecule has 0 unspecified atom stereocenters. The average molecular weight is 330 g/mol. The number of carbonyl (C=O) groups excluding carboxylic acids is 2. The fraction of sp³-hybridized carbons (Fsp3) is 0.0667. The molecule has 0 N–H and O–H groups in total. The van der Waals surface area contributed by atoms with Gasteiger partial charge in [-0.1, -0.05) is 17.7 Å². The molecule has 7 nitrogen and oxygen atoms in total. The lowest BCUT2D eigenvalue weighted by molar-refractivity contribution is -0.402. The zero-order chi connectivity index (χ0) is 16.6. The Balaban J connectivity index is 1.89. The van der Waals surface area contributed by atoms with Crippen molar-refractivity contribution in [2.45, 2.75) is 6.92 Å². The fourth-order valence-electron chi connectivity index (χ4n) is 2.03. The van der Waals surface area contributed by atoms with E-state index >= 15 is 0 Å². The number of carbonyl (C=O) groups is 2. The SMILES string of the molecule is Cc1ccc(N2C(=O)S/C(=C\c3ccc([N+](=O)[O-])o3)C2=O)cc1. The van der Waals surface area contributed by atoms with Gasteiger partial charge in [0.2, 0.25) is 0 Å². The summed E-state index contributed by atoms with van der Waals surface area (Å²) in [5.41, 5.74) is 1.49. The van der Waals surface area contributed by atoms with Crippen LogP contribution in [0.5, 0.6) is 0 Å². The Morgan fingerprint density at radius 1 is 1.17 bits per heavy atom. The van der Waals surface area contributed by atoms with Crippen LogP contribution in [0.3, 0.4) is 0 Å². The molecule has 0 atom stereocenters. The third kappa shape index (κ3) is 2.88. The quantitative estimate of drug-likeness (QED) is 0.483. The molecule has 1 saturated heterocycles. The first kappa shape index (κ1) is 15.0. The molecular formula is C15H10N2O5S. The molecule has 1 aromatic carbocycles. The summed E-state index contributed by atoms with van der Waals surface area (Å²) in [6.45, 7) is 1.90. The van der Waals surface area contributed by atoms with Gasteiger partial charge in [0.1, 0.15) is 10.7 Å². The monoisotopic (exact) mass is 330 g/mol. The Labute approximate surface area is 134 Å². The van der Waals surface area contributed by atoms with Crippen molar-refractivity contribution in [1.29, 1.82) is 0 Å². The Bertz CT molecular complexity index is 838. The van der Waals surface area contributed by atoms with E-state index in [4.69, 9.17) is 4.42 Å². The number of nitro groups is 1. The smallest absolute Gasteiger partial charge is 0.401 e. The van der Waals surface area contributed by atoms with E-state index in [9.17, 15) is 19.7 Å². The molecule has 0 spiro atoms. The number of anilines is 1. The number of hydrogen-bond acceptors (Lipinski definition) is 6. The van der Waals surface area contributed by atoms with Crippen LogP contribution in [0.25, 0.3) is 6.08 Å². The van der Waals surface area contributed by atoms with Crippen LogP contribution in [0.4, 0.5) is 16.4 Å². The zero-order valence-electron chi connectivity index (χ0n) is 11.9. The minimum atomic E-state index is -0.671. The molecule has 0 saturated carbocycles. The van der Waals surface area contributed by atoms with Crippen molar-refractivity contribution in [3.63, 3.8) is 0 Å². The molecule has 1 fully saturated rings. The molecule has 23 heavy (non-hydrogen) atoms. The maximum Gasteiger partial charge on any atom is 0.433 e. The standard InChI is InChI=1S/C15H10N2O5S/c1-9-2-4-10(5-3-9)16-14(18)12(23-15(16)19)8-11-6-7-13(22-11)17(20)21/h2-8H,1H3/b12-8-. The second-order valence-electron chi connectivity index (χ2n) is 4.79. The Morgan fingerprint density at radius 3 is 2.48 bits per heavy atom. The van der Waals surface area contributed by atoms with E-state index in [2.05, 4.69) is 0 Å². The van der Waals surface area contributed by atoms with Gasteiger partial charge in [-0.3, -0.25) is 19.7 Å². The summed E-state index contributed by atoms with van der Waals surface area (Å²) >= 11 is 0.762. The maximum absolute atomic E-state index is 12.4. The molecule has 2 amide bonds. The summed E-state index contributed by atoms with van der Waals surface area (Å²) in [5, 5.41) is 10.2. The van der Waals surface area contributed by atoms with Gasteiger partial charge in [0.25, 0.3) is 11.1 Å². The minimum Gasteiger partial charge on any atom is -0.401 e. The molecule has 0 bridgehead atoms. The molecule has 1 aliphatic rings. The first-order valence-electron chi connectivity index (χ1n) is 6.54. The van der Waals surface area contributed by atoms with E-state index in [1.165, 1.54) is 18.2 Å². The largest absolute Gasteiger partial charge is 0.433 e. The van der Waals surface area contributed by atoms with Gasteiger partial charge in [-0.2, -0.15) is 0 Å². The second kappa shape index (κ2) is 5.73. The Morgan fingerprint density at radius 2 is 1.87 bits per heavy atom. The Hall–Kier alpha value is -2.87. The van der Waals surface area contributed by atoms with Gasteiger partial charge in [0.05, 0.1) is 16.7 Å². The van der Waals surface area contributed by atoms with E-state index in [0.717, 1.165) is 22.2 Å². The Kier molecular flexibility index (Phi) is 3.75. The van der Waals surface area contributed by atoms with Crippen molar-refractivity contribution >= 4 is 40.6 Å². The van der Waals surface area contributed by atoms with Crippen molar-refractivity contribution in [3.8, 4) is 0 Å². The van der Waals surface area contributed by atoms with Crippen LogP contribution in [-0.4, -0.2) is 16.1 Å². The van der Waals surface area contributed by atoms with Gasteiger partial charge in [-0.25, -0.2) is 4.90 Å². The molecular weight excluding hydrogens is 320 g/mol. The van der Waals surface area contributed by atoms with Crippen LogP contribution < -0.4 is 4.90 Å². The third-order valence-corrected chi connectivity index (χ3v) is 4.02. The third-order valence-electron chi connectivity index (χ3n) is 3.15. The van der Waals surface area contributed by atoms with Crippen molar-refractivity contribution in [3.05, 3.63) is 62.7 Å². The van der Waals surface area contributed by atoms with Crippen LogP contribution in [0.2, 0.25) is 0 Å². The predicted molar refractivity (Wildman–Crippen MR) is 85.0 cm³/mol. The van der Waals surface area contributed by atoms with Crippen LogP contribution in [0, 0.1) is 17.0 Å². The summed E-state index contributed by atoms with van der Waals surface area (Å²) in [6.07, 6.45) is 1.33. The summed E-state index contributed by atoms with van der Waals surface area (Å²) in [6, 6.07) is 9.54. The van der Waals surface area contributed by atoms with E-state index in [1.807, 2.05) is 6.92 Å². The summed E-state index contributed by atoms with van der Waals surface area (Å²) in [7, 11) is 0. The summed E-state index contributed by atoms with van der Waals surface area (Å²) < 4.78 is 4.98. The molecule has 1 aliphatic heterocycles. The number of rotatable bonds is 3. The molecule has 2 aromatic rings. The highest BCUT2D eigenvalue weighted by Crippen LogP contribution is 2.36. The molecule has 2 heterocycles. The highest BCUT2D eigenvalue weighted by Gasteiger charge is 2.36. The number of imide groups is 1. The van der Waals surface area contributed by atoms with Gasteiger partial charge in [-0.15, -0.1) is 0 Å². The summed E-state index contributed by atoms with van der Waals surface area (Å²) in [4.78, 5) is 35.6. The second-order valence-corrected chi connectivity index (χ2v) is 5.78. The first-order valence-corrected chi connectivity index (χ1v) is 7.36. The number of aryl methyl sites for hydroxylation is 1. The molecule has 0 radical (unpaired) electrons. The minimum absolute atomic E-state index is 0.145. The van der Waals surface area contributed by atoms with Crippen molar-refractivity contribution in [1.82, 2.24) is 0 Å². The molecule has 0 aliphatic carbocycles. The van der Waals surface area contributed by atoms with Crippen molar-refractivity contribution in [2.24, 2.45) is 0 Å². The lowest BCUT2D eigenvalue weighted by Gasteiger charge is -2.12. The van der Waals surface area contributed by atoms with Gasteiger partial charge in [0, 0.05) is 6.08 Å². The topological polar surface area (TPSA) is 93.7 Å². The van der Waals surface area contributed by atoms with Crippen LogP contribution in [0.15, 0.2) is 45.7 Å². The molecule has 116 valence electrons. The van der Waals surface area contributed by atoms with Gasteiger partial charge < -0.3 is 4.42 Å². The number of furan rings is 1. The van der Waals surface area contributed by atoms with Crippen LogP contribution >= 0.6 is 11.8 Å². The normalized spacial score (nSPS) is 16.4. The molecule has 8 heteroatoms. The highest BCUT2D eigenvalue weighted by molar-refractivity contribution is 8.19. The lowest BCUT2D eigenvalue weighted by atomic mass is 10.2. The molecule has 1 aromatic heterocycles. The summed E-state index contributed by atoms with van der Waals surface area (Å²) in [5.74, 6) is -0.761.